The van der Waals surface area contributed by atoms with Crippen LogP contribution >= 0.6 is 0 Å². The molecule has 2 rings (SSSR count). The molecular weight excluding hydrogens is 365 g/mol. The minimum Gasteiger partial charge on any atom is -0.464 e. The molecule has 0 unspecified atom stereocenters. The van der Waals surface area contributed by atoms with Crippen molar-refractivity contribution in [3.05, 3.63) is 59.4 Å². The van der Waals surface area contributed by atoms with E-state index >= 15 is 0 Å². The van der Waals surface area contributed by atoms with Gasteiger partial charge in [0, 0.05) is 18.7 Å². The molecule has 134 valence electrons. The van der Waals surface area contributed by atoms with Crippen molar-refractivity contribution >= 4 is 16.3 Å². The number of ether oxygens (including phenoxy) is 1. The van der Waals surface area contributed by atoms with Crippen molar-refractivity contribution in [3.8, 4) is 11.5 Å². The van der Waals surface area contributed by atoms with E-state index in [-0.39, 0.29) is 18.0 Å². The van der Waals surface area contributed by atoms with Crippen LogP contribution in [0.4, 0.5) is 18.0 Å². The summed E-state index contributed by atoms with van der Waals surface area (Å²) < 4.78 is 70.4. The molecular formula is C14H11F3N2O5S. The van der Waals surface area contributed by atoms with Crippen LogP contribution in [0, 0.1) is 17.5 Å². The molecule has 0 radical (unpaired) electrons. The number of amides is 1. The van der Waals surface area contributed by atoms with E-state index in [4.69, 9.17) is 9.84 Å². The lowest BCUT2D eigenvalue weighted by molar-refractivity contribution is 0.201. The second-order valence-electron chi connectivity index (χ2n) is 4.68. The molecule has 0 aliphatic carbocycles. The molecule has 0 aromatic heterocycles. The van der Waals surface area contributed by atoms with Crippen molar-refractivity contribution in [1.82, 2.24) is 9.44 Å². The van der Waals surface area contributed by atoms with Gasteiger partial charge in [0.1, 0.15) is 11.5 Å². The molecule has 0 atom stereocenters. The first-order chi connectivity index (χ1) is 11.7. The summed E-state index contributed by atoms with van der Waals surface area (Å²) >= 11 is 0. The van der Waals surface area contributed by atoms with Crippen LogP contribution in [-0.4, -0.2) is 19.6 Å². The molecule has 11 heteroatoms. The average Bonchev–Trinajstić information content (AvgIpc) is 2.50. The molecule has 25 heavy (non-hydrogen) atoms. The molecule has 7 nitrogen and oxygen atoms in total. The number of halogens is 3. The highest BCUT2D eigenvalue weighted by atomic mass is 32.2. The lowest BCUT2D eigenvalue weighted by Crippen LogP contribution is -2.39. The summed E-state index contributed by atoms with van der Waals surface area (Å²) in [6, 6.07) is 7.06. The maximum absolute atomic E-state index is 13.2. The molecule has 0 saturated carbocycles. The predicted octanol–water partition coefficient (Wildman–Crippen LogP) is 2.50. The van der Waals surface area contributed by atoms with E-state index in [1.165, 1.54) is 29.0 Å². The van der Waals surface area contributed by atoms with Gasteiger partial charge in [0.2, 0.25) is 0 Å². The SMILES string of the molecule is O=C(O)NS(=O)(=O)NCc1cccc(Oc2cc(F)c(F)c(F)c2)c1. The van der Waals surface area contributed by atoms with Crippen molar-refractivity contribution in [2.75, 3.05) is 0 Å². The number of carboxylic acid groups (broad SMARTS) is 1. The lowest BCUT2D eigenvalue weighted by atomic mass is 10.2. The minimum atomic E-state index is -4.25. The highest BCUT2D eigenvalue weighted by Crippen LogP contribution is 2.25. The zero-order chi connectivity index (χ0) is 18.6. The van der Waals surface area contributed by atoms with E-state index in [9.17, 15) is 26.4 Å². The normalized spacial score (nSPS) is 11.2. The fourth-order valence-electron chi connectivity index (χ4n) is 1.78. The molecule has 0 aliphatic rings. The third-order valence-electron chi connectivity index (χ3n) is 2.78. The zero-order valence-electron chi connectivity index (χ0n) is 12.3. The largest absolute Gasteiger partial charge is 0.464 e. The summed E-state index contributed by atoms with van der Waals surface area (Å²) in [4.78, 5) is 10.3. The van der Waals surface area contributed by atoms with E-state index in [0.717, 1.165) is 0 Å². The Morgan fingerprint density at radius 1 is 1.08 bits per heavy atom. The summed E-state index contributed by atoms with van der Waals surface area (Å²) in [6.45, 7) is -0.272. The Bertz CT molecular complexity index is 882. The van der Waals surface area contributed by atoms with Gasteiger partial charge in [0.05, 0.1) is 0 Å². The van der Waals surface area contributed by atoms with Crippen LogP contribution in [0.3, 0.4) is 0 Å². The molecule has 0 spiro atoms. The van der Waals surface area contributed by atoms with Gasteiger partial charge in [-0.1, -0.05) is 12.1 Å². The Morgan fingerprint density at radius 2 is 1.72 bits per heavy atom. The number of rotatable bonds is 6. The third-order valence-corrected chi connectivity index (χ3v) is 3.75. The molecule has 2 aromatic carbocycles. The summed E-state index contributed by atoms with van der Waals surface area (Å²) in [5, 5.41) is 8.38. The van der Waals surface area contributed by atoms with Crippen LogP contribution in [0.25, 0.3) is 0 Å². The number of benzene rings is 2. The predicted molar refractivity (Wildman–Crippen MR) is 79.8 cm³/mol. The van der Waals surface area contributed by atoms with Gasteiger partial charge in [-0.25, -0.2) is 22.7 Å². The Morgan fingerprint density at radius 3 is 2.32 bits per heavy atom. The molecule has 0 heterocycles. The van der Waals surface area contributed by atoms with E-state index < -0.39 is 33.8 Å². The van der Waals surface area contributed by atoms with Crippen molar-refractivity contribution in [1.29, 1.82) is 0 Å². The lowest BCUT2D eigenvalue weighted by Gasteiger charge is -2.09. The number of nitrogens with one attached hydrogen (secondary N) is 2. The maximum Gasteiger partial charge on any atom is 0.419 e. The summed E-state index contributed by atoms with van der Waals surface area (Å²) in [5.74, 6) is -4.64. The highest BCUT2D eigenvalue weighted by molar-refractivity contribution is 7.88. The van der Waals surface area contributed by atoms with E-state index in [0.29, 0.717) is 17.7 Å². The first-order valence-electron chi connectivity index (χ1n) is 6.58. The average molecular weight is 376 g/mol. The van der Waals surface area contributed by atoms with Crippen LogP contribution in [-0.2, 0) is 16.8 Å². The molecule has 1 amide bonds. The first kappa shape index (κ1) is 18.5. The summed E-state index contributed by atoms with van der Waals surface area (Å²) in [7, 11) is -4.25. The minimum absolute atomic E-state index is 0.105. The maximum atomic E-state index is 13.2. The van der Waals surface area contributed by atoms with Crippen LogP contribution in [0.2, 0.25) is 0 Å². The van der Waals surface area contributed by atoms with Gasteiger partial charge < -0.3 is 9.84 Å². The van der Waals surface area contributed by atoms with Gasteiger partial charge in [-0.2, -0.15) is 13.1 Å². The Balaban J connectivity index is 2.10. The molecule has 0 bridgehead atoms. The number of hydrogen-bond acceptors (Lipinski definition) is 4. The monoisotopic (exact) mass is 376 g/mol. The summed E-state index contributed by atoms with van der Waals surface area (Å²) in [5.41, 5.74) is 0.372. The second-order valence-corrected chi connectivity index (χ2v) is 6.18. The van der Waals surface area contributed by atoms with E-state index in [2.05, 4.69) is 0 Å². The van der Waals surface area contributed by atoms with Crippen LogP contribution in [0.1, 0.15) is 5.56 Å². The molecule has 0 saturated heterocycles. The van der Waals surface area contributed by atoms with Gasteiger partial charge in [0.25, 0.3) is 0 Å². The van der Waals surface area contributed by atoms with Crippen LogP contribution < -0.4 is 14.2 Å². The fraction of sp³-hybridized carbons (Fsp3) is 0.0714. The highest BCUT2D eigenvalue weighted by Gasteiger charge is 2.14. The zero-order valence-corrected chi connectivity index (χ0v) is 13.1. The molecule has 2 aromatic rings. The van der Waals surface area contributed by atoms with E-state index in [1.807, 2.05) is 4.72 Å². The quantitative estimate of drug-likeness (QED) is 0.672. The standard InChI is InChI=1S/C14H11F3N2O5S/c15-11-5-10(6-12(16)13(11)17)24-9-3-1-2-8(4-9)7-18-25(22,23)19-14(20)21/h1-6,18-19H,7H2,(H,20,21). The van der Waals surface area contributed by atoms with Gasteiger partial charge >= 0.3 is 16.3 Å². The van der Waals surface area contributed by atoms with Gasteiger partial charge in [-0.3, -0.25) is 0 Å². The van der Waals surface area contributed by atoms with Crippen molar-refractivity contribution < 1.29 is 36.2 Å². The topological polar surface area (TPSA) is 105 Å². The van der Waals surface area contributed by atoms with Crippen molar-refractivity contribution in [2.45, 2.75) is 6.54 Å². The van der Waals surface area contributed by atoms with Crippen molar-refractivity contribution in [2.24, 2.45) is 0 Å². The van der Waals surface area contributed by atoms with Gasteiger partial charge in [-0.15, -0.1) is 0 Å². The second kappa shape index (κ2) is 7.40. The molecule has 0 fully saturated rings. The molecule has 0 aliphatic heterocycles. The first-order valence-corrected chi connectivity index (χ1v) is 8.06. The smallest absolute Gasteiger partial charge is 0.419 e. The van der Waals surface area contributed by atoms with E-state index in [1.54, 1.807) is 0 Å². The Hall–Kier alpha value is -2.79. The Labute approximate surface area is 140 Å². The Kier molecular flexibility index (Phi) is 5.49. The van der Waals surface area contributed by atoms with Gasteiger partial charge in [-0.05, 0) is 17.7 Å². The number of carbonyl (C=O) groups is 1. The van der Waals surface area contributed by atoms with Crippen LogP contribution in [0.15, 0.2) is 36.4 Å². The molecule has 3 N–H and O–H groups in total. The fourth-order valence-corrected chi connectivity index (χ4v) is 2.43. The summed E-state index contributed by atoms with van der Waals surface area (Å²) in [6.07, 6.45) is -1.75. The van der Waals surface area contributed by atoms with Crippen LogP contribution in [0.5, 0.6) is 11.5 Å². The third kappa shape index (κ3) is 5.36. The van der Waals surface area contributed by atoms with Gasteiger partial charge in [0.15, 0.2) is 17.5 Å². The van der Waals surface area contributed by atoms with Crippen molar-refractivity contribution in [3.63, 3.8) is 0 Å². The number of hydrogen-bond donors (Lipinski definition) is 3.